The Morgan fingerprint density at radius 3 is 2.27 bits per heavy atom. The molecule has 4 fully saturated rings. The molecule has 5 rings (SSSR count). The van der Waals surface area contributed by atoms with Crippen LogP contribution in [0.5, 0.6) is 0 Å². The van der Waals surface area contributed by atoms with Crippen LogP contribution in [0, 0.1) is 23.2 Å². The fourth-order valence-electron chi connectivity index (χ4n) is 6.06. The highest BCUT2D eigenvalue weighted by atomic mass is 32.2. The normalized spacial score (nSPS) is 32.7. The first-order valence-corrected chi connectivity index (χ1v) is 11.9. The van der Waals surface area contributed by atoms with E-state index in [0.29, 0.717) is 18.8 Å². The first-order valence-electron chi connectivity index (χ1n) is 10.4. The number of anilines is 1. The van der Waals surface area contributed by atoms with Crippen molar-refractivity contribution in [3.63, 3.8) is 0 Å². The lowest BCUT2D eigenvalue weighted by Crippen LogP contribution is -2.65. The predicted octanol–water partition coefficient (Wildman–Crippen LogP) is 1.12. The van der Waals surface area contributed by atoms with Crippen molar-refractivity contribution in [3.8, 4) is 0 Å². The summed E-state index contributed by atoms with van der Waals surface area (Å²) in [7, 11) is -3.97. The number of carbonyl (C=O) groups excluding carboxylic acids is 2. The second-order valence-corrected chi connectivity index (χ2v) is 11.5. The molecular formula is C21H30N4O4S. The van der Waals surface area contributed by atoms with E-state index in [-0.39, 0.29) is 40.3 Å². The van der Waals surface area contributed by atoms with Gasteiger partial charge in [-0.1, -0.05) is 12.1 Å². The SMILES string of the molecule is CC(C)(NS(=O)(=O)c1ccccc1N)C(=O)NC1C2CC3CC1CC(C(N)=O)(C3)C2. The standard InChI is InChI=1S/C21H30N4O4S/c1-20(2,25-30(28,29)16-6-4-3-5-15(16)22)19(27)24-17-13-7-12-8-14(17)11-21(9-12,10-13)18(23)26/h3-6,12-14,17,25H,7-11,22H2,1-2H3,(H2,23,26)(H,24,27). The molecule has 8 nitrogen and oxygen atoms in total. The van der Waals surface area contributed by atoms with Gasteiger partial charge in [0.1, 0.15) is 10.4 Å². The number of hydrogen-bond acceptors (Lipinski definition) is 5. The Hall–Kier alpha value is -2.13. The molecule has 4 aliphatic rings. The molecule has 1 aromatic rings. The van der Waals surface area contributed by atoms with E-state index in [9.17, 15) is 18.0 Å². The van der Waals surface area contributed by atoms with Crippen LogP contribution in [0.4, 0.5) is 5.69 Å². The number of carbonyl (C=O) groups is 2. The Morgan fingerprint density at radius 2 is 1.70 bits per heavy atom. The maximum absolute atomic E-state index is 13.1. The molecule has 2 unspecified atom stereocenters. The molecule has 2 atom stereocenters. The first-order chi connectivity index (χ1) is 13.9. The van der Waals surface area contributed by atoms with Crippen molar-refractivity contribution in [1.29, 1.82) is 0 Å². The molecule has 2 amide bonds. The maximum Gasteiger partial charge on any atom is 0.243 e. The summed E-state index contributed by atoms with van der Waals surface area (Å²) in [6.07, 6.45) is 4.21. The smallest absolute Gasteiger partial charge is 0.243 e. The van der Waals surface area contributed by atoms with E-state index < -0.39 is 21.0 Å². The van der Waals surface area contributed by atoms with Crippen LogP contribution in [0.2, 0.25) is 0 Å². The van der Waals surface area contributed by atoms with Crippen LogP contribution in [-0.2, 0) is 19.6 Å². The van der Waals surface area contributed by atoms with Gasteiger partial charge in [0, 0.05) is 11.5 Å². The molecule has 0 heterocycles. The zero-order valence-corrected chi connectivity index (χ0v) is 18.2. The van der Waals surface area contributed by atoms with E-state index in [0.717, 1.165) is 19.3 Å². The minimum atomic E-state index is -3.97. The fraction of sp³-hybridized carbons (Fsp3) is 0.619. The molecule has 0 spiro atoms. The number of sulfonamides is 1. The van der Waals surface area contributed by atoms with Gasteiger partial charge in [-0.2, -0.15) is 4.72 Å². The number of nitrogen functional groups attached to an aromatic ring is 1. The number of para-hydroxylation sites is 1. The van der Waals surface area contributed by atoms with Crippen molar-refractivity contribution in [2.24, 2.45) is 28.9 Å². The van der Waals surface area contributed by atoms with Gasteiger partial charge in [0.25, 0.3) is 0 Å². The summed E-state index contributed by atoms with van der Waals surface area (Å²) < 4.78 is 28.1. The number of hydrogen-bond donors (Lipinski definition) is 4. The first kappa shape index (κ1) is 21.1. The Kier molecular flexibility index (Phi) is 4.89. The van der Waals surface area contributed by atoms with Gasteiger partial charge >= 0.3 is 0 Å². The van der Waals surface area contributed by atoms with E-state index in [1.807, 2.05) is 0 Å². The number of nitrogens with two attached hydrogens (primary N) is 2. The lowest BCUT2D eigenvalue weighted by Gasteiger charge is -2.59. The molecule has 6 N–H and O–H groups in total. The molecular weight excluding hydrogens is 404 g/mol. The van der Waals surface area contributed by atoms with E-state index >= 15 is 0 Å². The third-order valence-corrected chi connectivity index (χ3v) is 8.99. The highest BCUT2D eigenvalue weighted by Gasteiger charge is 2.58. The predicted molar refractivity (Wildman–Crippen MR) is 112 cm³/mol. The fourth-order valence-corrected chi connectivity index (χ4v) is 7.57. The monoisotopic (exact) mass is 434 g/mol. The third kappa shape index (κ3) is 3.47. The van der Waals surface area contributed by atoms with Gasteiger partial charge in [-0.25, -0.2) is 8.42 Å². The Labute approximate surface area is 177 Å². The van der Waals surface area contributed by atoms with Crippen LogP contribution >= 0.6 is 0 Å². The molecule has 30 heavy (non-hydrogen) atoms. The van der Waals surface area contributed by atoms with Gasteiger partial charge in [-0.15, -0.1) is 0 Å². The van der Waals surface area contributed by atoms with Crippen molar-refractivity contribution >= 4 is 27.5 Å². The van der Waals surface area contributed by atoms with Crippen molar-refractivity contribution in [3.05, 3.63) is 24.3 Å². The van der Waals surface area contributed by atoms with Crippen LogP contribution in [0.1, 0.15) is 46.0 Å². The number of amides is 2. The molecule has 0 radical (unpaired) electrons. The highest BCUT2D eigenvalue weighted by molar-refractivity contribution is 7.89. The van der Waals surface area contributed by atoms with E-state index in [4.69, 9.17) is 11.5 Å². The topological polar surface area (TPSA) is 144 Å². The van der Waals surface area contributed by atoms with Crippen LogP contribution in [-0.4, -0.2) is 31.8 Å². The van der Waals surface area contributed by atoms with Gasteiger partial charge in [0.2, 0.25) is 21.8 Å². The summed E-state index contributed by atoms with van der Waals surface area (Å²) in [5, 5.41) is 3.10. The zero-order valence-electron chi connectivity index (χ0n) is 17.4. The average molecular weight is 435 g/mol. The Bertz CT molecular complexity index is 974. The molecule has 4 saturated carbocycles. The minimum Gasteiger partial charge on any atom is -0.398 e. The summed E-state index contributed by atoms with van der Waals surface area (Å²) >= 11 is 0. The summed E-state index contributed by atoms with van der Waals surface area (Å²) in [6.45, 7) is 3.08. The van der Waals surface area contributed by atoms with E-state index in [2.05, 4.69) is 10.0 Å². The second kappa shape index (κ2) is 6.95. The van der Waals surface area contributed by atoms with Crippen molar-refractivity contribution in [1.82, 2.24) is 10.0 Å². The van der Waals surface area contributed by atoms with Gasteiger partial charge in [-0.05, 0) is 75.8 Å². The van der Waals surface area contributed by atoms with E-state index in [1.165, 1.54) is 12.1 Å². The van der Waals surface area contributed by atoms with Gasteiger partial charge in [0.05, 0.1) is 5.69 Å². The Balaban J connectivity index is 1.49. The van der Waals surface area contributed by atoms with Crippen LogP contribution in [0.3, 0.4) is 0 Å². The van der Waals surface area contributed by atoms with Crippen LogP contribution in [0.15, 0.2) is 29.2 Å². The van der Waals surface area contributed by atoms with Gasteiger partial charge in [0.15, 0.2) is 0 Å². The molecule has 0 saturated heterocycles. The zero-order chi connectivity index (χ0) is 21.9. The molecule has 0 aromatic heterocycles. The Morgan fingerprint density at radius 1 is 1.10 bits per heavy atom. The van der Waals surface area contributed by atoms with Crippen molar-refractivity contribution in [2.75, 3.05) is 5.73 Å². The largest absolute Gasteiger partial charge is 0.398 e. The van der Waals surface area contributed by atoms with Gasteiger partial charge < -0.3 is 16.8 Å². The minimum absolute atomic E-state index is 0.0519. The molecule has 4 aliphatic carbocycles. The summed E-state index contributed by atoms with van der Waals surface area (Å²) in [5.74, 6) is 0.275. The number of primary amides is 1. The second-order valence-electron chi connectivity index (χ2n) is 9.88. The number of benzene rings is 1. The third-order valence-electron chi connectivity index (χ3n) is 7.26. The van der Waals surface area contributed by atoms with Gasteiger partial charge in [-0.3, -0.25) is 9.59 Å². The van der Waals surface area contributed by atoms with Crippen LogP contribution < -0.4 is 21.5 Å². The highest BCUT2D eigenvalue weighted by Crippen LogP contribution is 2.59. The summed E-state index contributed by atoms with van der Waals surface area (Å²) in [4.78, 5) is 25.2. The molecule has 164 valence electrons. The lowest BCUT2D eigenvalue weighted by atomic mass is 9.47. The number of rotatable bonds is 6. The molecule has 9 heteroatoms. The average Bonchev–Trinajstić information content (AvgIpc) is 2.63. The van der Waals surface area contributed by atoms with Crippen molar-refractivity contribution in [2.45, 2.75) is 62.4 Å². The van der Waals surface area contributed by atoms with Crippen molar-refractivity contribution < 1.29 is 18.0 Å². The molecule has 0 aliphatic heterocycles. The maximum atomic E-state index is 13.1. The summed E-state index contributed by atoms with van der Waals surface area (Å²) in [5.41, 5.74) is 9.87. The molecule has 4 bridgehead atoms. The quantitative estimate of drug-likeness (QED) is 0.496. The summed E-state index contributed by atoms with van der Waals surface area (Å²) in [6, 6.07) is 6.09. The van der Waals surface area contributed by atoms with E-state index in [1.54, 1.807) is 26.0 Å². The number of nitrogens with one attached hydrogen (secondary N) is 2. The molecule has 1 aromatic carbocycles. The van der Waals surface area contributed by atoms with Crippen LogP contribution in [0.25, 0.3) is 0 Å². The lowest BCUT2D eigenvalue weighted by molar-refractivity contribution is -0.148.